The third-order valence-electron chi connectivity index (χ3n) is 5.25. The maximum Gasteiger partial charge on any atom is 0.425 e. The Morgan fingerprint density at radius 2 is 2.00 bits per heavy atom. The first-order valence-corrected chi connectivity index (χ1v) is 11.1. The van der Waals surface area contributed by atoms with E-state index in [1.54, 1.807) is 19.9 Å². The molecule has 0 saturated heterocycles. The van der Waals surface area contributed by atoms with Crippen molar-refractivity contribution in [2.45, 2.75) is 59.1 Å². The Balaban J connectivity index is 2.16. The molecule has 0 spiro atoms. The minimum absolute atomic E-state index is 0.00806. The molecule has 1 atom stereocenters. The number of halogens is 6. The number of carbonyl (C=O) groups excluding carboxylic acids is 1. The van der Waals surface area contributed by atoms with Crippen molar-refractivity contribution in [3.8, 4) is 11.7 Å². The molecule has 8 nitrogen and oxygen atoms in total. The summed E-state index contributed by atoms with van der Waals surface area (Å²) in [5, 5.41) is 3.71. The highest BCUT2D eigenvalue weighted by atomic mass is 35.5. The van der Waals surface area contributed by atoms with Gasteiger partial charge in [-0.05, 0) is 38.0 Å². The molecule has 0 N–H and O–H groups in total. The fraction of sp³-hybridized carbons (Fsp3) is 0.409. The monoisotopic (exact) mass is 533 g/mol. The number of pyridine rings is 2. The third-order valence-corrected chi connectivity index (χ3v) is 5.58. The number of ketones is 1. The molecule has 0 aliphatic rings. The zero-order valence-electron chi connectivity index (χ0n) is 19.4. The van der Waals surface area contributed by atoms with Gasteiger partial charge in [-0.1, -0.05) is 18.5 Å². The number of nitrogens with zero attached hydrogens (tertiary/aromatic N) is 5. The molecule has 0 saturated carbocycles. The van der Waals surface area contributed by atoms with Crippen LogP contribution < -0.4 is 10.4 Å². The van der Waals surface area contributed by atoms with Gasteiger partial charge in [0.15, 0.2) is 29.3 Å². The van der Waals surface area contributed by atoms with Crippen LogP contribution in [0.15, 0.2) is 23.1 Å². The van der Waals surface area contributed by atoms with Crippen molar-refractivity contribution in [1.82, 2.24) is 24.3 Å². The summed E-state index contributed by atoms with van der Waals surface area (Å²) >= 11 is 6.04. The van der Waals surface area contributed by atoms with Crippen molar-refractivity contribution in [2.24, 2.45) is 0 Å². The molecule has 36 heavy (non-hydrogen) atoms. The number of carbonyl (C=O) groups is 1. The number of Topliss-reactive ketones (excluding diaryl/α,β-unsaturated/α-hetero) is 1. The summed E-state index contributed by atoms with van der Waals surface area (Å²) < 4.78 is 74.4. The van der Waals surface area contributed by atoms with Crippen LogP contribution in [0.1, 0.15) is 47.6 Å². The van der Waals surface area contributed by atoms with Gasteiger partial charge in [0, 0.05) is 24.7 Å². The van der Waals surface area contributed by atoms with Crippen molar-refractivity contribution in [2.75, 3.05) is 0 Å². The van der Waals surface area contributed by atoms with Gasteiger partial charge in [0.25, 0.3) is 0 Å². The molecule has 0 bridgehead atoms. The first-order chi connectivity index (χ1) is 16.9. The third kappa shape index (κ3) is 5.55. The molecule has 0 aliphatic carbocycles. The van der Waals surface area contributed by atoms with E-state index < -0.39 is 59.9 Å². The first-order valence-electron chi connectivity index (χ1n) is 10.7. The van der Waals surface area contributed by atoms with Gasteiger partial charge in [-0.3, -0.25) is 9.36 Å². The van der Waals surface area contributed by atoms with Crippen LogP contribution in [-0.4, -0.2) is 42.4 Å². The van der Waals surface area contributed by atoms with Crippen molar-refractivity contribution in [1.29, 1.82) is 0 Å². The summed E-state index contributed by atoms with van der Waals surface area (Å²) in [6.07, 6.45) is -5.89. The molecule has 3 rings (SSSR count). The van der Waals surface area contributed by atoms with E-state index >= 15 is 4.39 Å². The summed E-state index contributed by atoms with van der Waals surface area (Å²) in [6.45, 7) is 2.94. The van der Waals surface area contributed by atoms with Crippen LogP contribution in [0.25, 0.3) is 5.82 Å². The largest absolute Gasteiger partial charge is 0.464 e. The summed E-state index contributed by atoms with van der Waals surface area (Å²) in [6, 6.07) is 2.17. The average Bonchev–Trinajstić information content (AvgIpc) is 3.12. The topological polar surface area (TPSA) is 91.9 Å². The Bertz CT molecular complexity index is 1320. The van der Waals surface area contributed by atoms with E-state index in [9.17, 15) is 27.2 Å². The second-order valence-electron chi connectivity index (χ2n) is 7.84. The highest BCUT2D eigenvalue weighted by molar-refractivity contribution is 6.30. The molecule has 0 radical (unpaired) electrons. The lowest BCUT2D eigenvalue weighted by molar-refractivity contribution is -0.190. The lowest BCUT2D eigenvalue weighted by Gasteiger charge is -2.19. The fourth-order valence-electron chi connectivity index (χ4n) is 3.28. The van der Waals surface area contributed by atoms with Gasteiger partial charge < -0.3 is 4.74 Å². The van der Waals surface area contributed by atoms with E-state index in [0.29, 0.717) is 29.7 Å². The summed E-state index contributed by atoms with van der Waals surface area (Å²) in [4.78, 5) is 33.3. The predicted molar refractivity (Wildman–Crippen MR) is 119 cm³/mol. The molecule has 3 aromatic rings. The Kier molecular flexibility index (Phi) is 8.12. The van der Waals surface area contributed by atoms with Gasteiger partial charge in [-0.15, -0.1) is 5.10 Å². The smallest absolute Gasteiger partial charge is 0.425 e. The van der Waals surface area contributed by atoms with E-state index in [2.05, 4.69) is 15.1 Å². The van der Waals surface area contributed by atoms with Crippen LogP contribution >= 0.6 is 11.6 Å². The Labute approximate surface area is 206 Å². The molecule has 194 valence electrons. The van der Waals surface area contributed by atoms with Crippen molar-refractivity contribution >= 4 is 17.4 Å². The Hall–Kier alpha value is -3.35. The lowest BCUT2D eigenvalue weighted by Crippen LogP contribution is -2.32. The normalized spacial score (nSPS) is 12.6. The van der Waals surface area contributed by atoms with Gasteiger partial charge in [-0.25, -0.2) is 18.6 Å². The van der Waals surface area contributed by atoms with E-state index in [0.717, 1.165) is 4.57 Å². The maximum atomic E-state index is 15.1. The van der Waals surface area contributed by atoms with E-state index in [1.807, 2.05) is 0 Å². The van der Waals surface area contributed by atoms with E-state index in [1.165, 1.54) is 6.20 Å². The fourth-order valence-corrected chi connectivity index (χ4v) is 3.55. The highest BCUT2D eigenvalue weighted by Crippen LogP contribution is 2.29. The second kappa shape index (κ2) is 10.7. The first kappa shape index (κ1) is 27.2. The van der Waals surface area contributed by atoms with Crippen LogP contribution in [0.4, 0.5) is 22.0 Å². The maximum absolute atomic E-state index is 15.1. The number of aryl methyl sites for hydroxylation is 1. The second-order valence-corrected chi connectivity index (χ2v) is 8.20. The standard InChI is InChI=1S/C22H21ClF5N5O3/c1-4-7-32-17(10-24)31-33(21(32)35)19-15(25)8-14(20(30-19)36-12(3)22(26,27)28)16(34)9-13-11(2)5-6-29-18(13)23/h5-6,8,12H,4,7,9-10H2,1-3H3/t12-/m0/s1. The quantitative estimate of drug-likeness (QED) is 0.227. The molecule has 0 amide bonds. The molecular formula is C22H21ClF5N5O3. The number of aromatic nitrogens is 5. The van der Waals surface area contributed by atoms with Crippen LogP contribution in [0.3, 0.4) is 0 Å². The van der Waals surface area contributed by atoms with Crippen molar-refractivity contribution in [3.05, 3.63) is 62.3 Å². The van der Waals surface area contributed by atoms with Crippen LogP contribution in [0.5, 0.6) is 5.88 Å². The SMILES string of the molecule is CCCn1c(CF)nn(-c2nc(O[C@@H](C)C(F)(F)F)c(C(=O)Cc3c(C)ccnc3Cl)cc2F)c1=O. The number of ether oxygens (including phenoxy) is 1. The van der Waals surface area contributed by atoms with Crippen LogP contribution in [-0.2, 0) is 19.6 Å². The van der Waals surface area contributed by atoms with Gasteiger partial charge in [0.2, 0.25) is 5.88 Å². The van der Waals surface area contributed by atoms with Gasteiger partial charge >= 0.3 is 11.9 Å². The van der Waals surface area contributed by atoms with Crippen LogP contribution in [0.2, 0.25) is 5.15 Å². The van der Waals surface area contributed by atoms with Crippen molar-refractivity contribution in [3.63, 3.8) is 0 Å². The van der Waals surface area contributed by atoms with Gasteiger partial charge in [0.1, 0.15) is 11.8 Å². The number of alkyl halides is 4. The zero-order chi connectivity index (χ0) is 26.8. The molecule has 3 heterocycles. The molecule has 0 aromatic carbocycles. The van der Waals surface area contributed by atoms with E-state index in [4.69, 9.17) is 16.3 Å². The molecule has 0 fully saturated rings. The molecule has 0 unspecified atom stereocenters. The molecular weight excluding hydrogens is 513 g/mol. The number of hydrogen-bond donors (Lipinski definition) is 0. The number of rotatable bonds is 9. The summed E-state index contributed by atoms with van der Waals surface area (Å²) in [5.74, 6) is -4.16. The predicted octanol–water partition coefficient (Wildman–Crippen LogP) is 4.56. The minimum Gasteiger partial charge on any atom is -0.464 e. The highest BCUT2D eigenvalue weighted by Gasteiger charge is 2.39. The lowest BCUT2D eigenvalue weighted by atomic mass is 10.0. The van der Waals surface area contributed by atoms with Gasteiger partial charge in [0.05, 0.1) is 5.56 Å². The summed E-state index contributed by atoms with van der Waals surface area (Å²) in [5.41, 5.74) is -0.710. The molecule has 0 aliphatic heterocycles. The Morgan fingerprint density at radius 3 is 2.58 bits per heavy atom. The Morgan fingerprint density at radius 1 is 1.31 bits per heavy atom. The molecule has 3 aromatic heterocycles. The van der Waals surface area contributed by atoms with E-state index in [-0.39, 0.29) is 23.1 Å². The van der Waals surface area contributed by atoms with Gasteiger partial charge in [-0.2, -0.15) is 22.8 Å². The number of hydrogen-bond acceptors (Lipinski definition) is 6. The van der Waals surface area contributed by atoms with Crippen LogP contribution in [0, 0.1) is 12.7 Å². The van der Waals surface area contributed by atoms with Crippen molar-refractivity contribution < 1.29 is 31.5 Å². The minimum atomic E-state index is -4.85. The zero-order valence-corrected chi connectivity index (χ0v) is 20.1. The summed E-state index contributed by atoms with van der Waals surface area (Å²) in [7, 11) is 0. The molecule has 14 heteroatoms. The average molecular weight is 534 g/mol.